The lowest BCUT2D eigenvalue weighted by Gasteiger charge is -2.16. The molecule has 0 atom stereocenters. The molecule has 0 bridgehead atoms. The average molecular weight is 484 g/mol. The van der Waals surface area contributed by atoms with Gasteiger partial charge in [-0.15, -0.1) is 0 Å². The first kappa shape index (κ1) is 24.3. The SMILES string of the molecule is COC(=O)/C=C1/SCC(=O)N1CCCOC(=O)c1cnn(-c2ccc(C(F)(F)F)cn2)c1C. The Labute approximate surface area is 190 Å². The number of thioether (sulfide) groups is 1. The van der Waals surface area contributed by atoms with Crippen LogP contribution in [0.2, 0.25) is 0 Å². The number of pyridine rings is 1. The number of hydrogen-bond donors (Lipinski definition) is 0. The first-order valence-electron chi connectivity index (χ1n) is 9.60. The molecule has 0 aliphatic carbocycles. The van der Waals surface area contributed by atoms with Gasteiger partial charge in [0.25, 0.3) is 0 Å². The predicted molar refractivity (Wildman–Crippen MR) is 110 cm³/mol. The van der Waals surface area contributed by atoms with Crippen LogP contribution in [-0.2, 0) is 25.2 Å². The summed E-state index contributed by atoms with van der Waals surface area (Å²) in [5, 5.41) is 4.48. The van der Waals surface area contributed by atoms with Gasteiger partial charge in [-0.25, -0.2) is 19.3 Å². The van der Waals surface area contributed by atoms with Crippen molar-refractivity contribution in [1.82, 2.24) is 19.7 Å². The van der Waals surface area contributed by atoms with Gasteiger partial charge in [0.2, 0.25) is 5.91 Å². The van der Waals surface area contributed by atoms with Crippen LogP contribution in [-0.4, -0.2) is 63.5 Å². The van der Waals surface area contributed by atoms with Crippen LogP contribution in [0, 0.1) is 6.92 Å². The zero-order valence-electron chi connectivity index (χ0n) is 17.6. The number of methoxy groups -OCH3 is 1. The second-order valence-electron chi connectivity index (χ2n) is 6.79. The van der Waals surface area contributed by atoms with E-state index in [4.69, 9.17) is 4.74 Å². The second-order valence-corrected chi connectivity index (χ2v) is 7.78. The van der Waals surface area contributed by atoms with E-state index in [9.17, 15) is 27.6 Å². The lowest BCUT2D eigenvalue weighted by Crippen LogP contribution is -2.27. The Bertz CT molecular complexity index is 1080. The summed E-state index contributed by atoms with van der Waals surface area (Å²) in [6.45, 7) is 1.81. The Hall–Kier alpha value is -3.35. The maximum absolute atomic E-state index is 12.7. The van der Waals surface area contributed by atoms with E-state index >= 15 is 0 Å². The van der Waals surface area contributed by atoms with Gasteiger partial charge in [-0.1, -0.05) is 11.8 Å². The number of rotatable bonds is 7. The third-order valence-corrected chi connectivity index (χ3v) is 5.66. The van der Waals surface area contributed by atoms with Crippen LogP contribution in [0.25, 0.3) is 5.82 Å². The highest BCUT2D eigenvalue weighted by Crippen LogP contribution is 2.30. The van der Waals surface area contributed by atoms with E-state index in [1.165, 1.54) is 40.7 Å². The summed E-state index contributed by atoms with van der Waals surface area (Å²) >= 11 is 1.22. The van der Waals surface area contributed by atoms with E-state index in [1.807, 2.05) is 0 Å². The molecule has 0 aromatic carbocycles. The van der Waals surface area contributed by atoms with Crippen molar-refractivity contribution in [3.05, 3.63) is 52.5 Å². The first-order valence-corrected chi connectivity index (χ1v) is 10.6. The van der Waals surface area contributed by atoms with E-state index in [0.717, 1.165) is 12.1 Å². The standard InChI is InChI=1S/C20H19F3N4O5S/c1-12-14(10-25-27(12)15-5-4-13(9-24-15)20(21,22)23)19(30)32-7-3-6-26-16(28)11-33-17(26)8-18(29)31-2/h4-5,8-10H,3,6-7,11H2,1-2H3/b17-8+. The van der Waals surface area contributed by atoms with Crippen molar-refractivity contribution >= 4 is 29.6 Å². The van der Waals surface area contributed by atoms with Crippen molar-refractivity contribution in [2.24, 2.45) is 0 Å². The molecule has 33 heavy (non-hydrogen) atoms. The van der Waals surface area contributed by atoms with Crippen LogP contribution in [0.15, 0.2) is 35.6 Å². The van der Waals surface area contributed by atoms with Gasteiger partial charge in [0.05, 0.1) is 48.0 Å². The zero-order valence-corrected chi connectivity index (χ0v) is 18.4. The van der Waals surface area contributed by atoms with Gasteiger partial charge in [-0.05, 0) is 25.5 Å². The molecular weight excluding hydrogens is 465 g/mol. The third-order valence-electron chi connectivity index (χ3n) is 4.63. The number of ether oxygens (including phenoxy) is 2. The number of nitrogens with zero attached hydrogens (tertiary/aromatic N) is 4. The highest BCUT2D eigenvalue weighted by atomic mass is 32.2. The van der Waals surface area contributed by atoms with Crippen LogP contribution < -0.4 is 0 Å². The van der Waals surface area contributed by atoms with Crippen LogP contribution >= 0.6 is 11.8 Å². The molecule has 0 saturated carbocycles. The largest absolute Gasteiger partial charge is 0.466 e. The number of alkyl halides is 3. The quantitative estimate of drug-likeness (QED) is 0.336. The fourth-order valence-corrected chi connectivity index (χ4v) is 3.87. The Morgan fingerprint density at radius 2 is 2.03 bits per heavy atom. The summed E-state index contributed by atoms with van der Waals surface area (Å²) in [4.78, 5) is 41.0. The second kappa shape index (κ2) is 10.1. The van der Waals surface area contributed by atoms with E-state index < -0.39 is 23.7 Å². The monoisotopic (exact) mass is 484 g/mol. The molecule has 176 valence electrons. The molecule has 1 amide bonds. The molecule has 1 aliphatic heterocycles. The molecule has 0 N–H and O–H groups in total. The minimum absolute atomic E-state index is 0.00192. The molecule has 0 radical (unpaired) electrons. The molecule has 3 rings (SSSR count). The summed E-state index contributed by atoms with van der Waals surface area (Å²) in [5.74, 6) is -1.08. The van der Waals surface area contributed by atoms with Crippen molar-refractivity contribution in [1.29, 1.82) is 0 Å². The number of carbonyl (C=O) groups excluding carboxylic acids is 3. The summed E-state index contributed by atoms with van der Waals surface area (Å²) in [7, 11) is 1.24. The summed E-state index contributed by atoms with van der Waals surface area (Å²) in [6.07, 6.45) is -1.02. The Balaban J connectivity index is 1.57. The molecular formula is C20H19F3N4O5S. The highest BCUT2D eigenvalue weighted by Gasteiger charge is 2.31. The van der Waals surface area contributed by atoms with Gasteiger partial charge < -0.3 is 14.4 Å². The third kappa shape index (κ3) is 5.72. The summed E-state index contributed by atoms with van der Waals surface area (Å²) in [6, 6.07) is 2.03. The van der Waals surface area contributed by atoms with Gasteiger partial charge in [0.1, 0.15) is 5.56 Å². The van der Waals surface area contributed by atoms with Crippen LogP contribution in [0.3, 0.4) is 0 Å². The highest BCUT2D eigenvalue weighted by molar-refractivity contribution is 8.04. The smallest absolute Gasteiger partial charge is 0.417 e. The molecule has 3 heterocycles. The van der Waals surface area contributed by atoms with E-state index in [1.54, 1.807) is 6.92 Å². The van der Waals surface area contributed by atoms with E-state index in [0.29, 0.717) is 23.3 Å². The topological polar surface area (TPSA) is 104 Å². The van der Waals surface area contributed by atoms with Crippen molar-refractivity contribution in [3.8, 4) is 5.82 Å². The van der Waals surface area contributed by atoms with Crippen molar-refractivity contribution in [3.63, 3.8) is 0 Å². The molecule has 1 aliphatic rings. The Morgan fingerprint density at radius 1 is 1.27 bits per heavy atom. The first-order chi connectivity index (χ1) is 15.6. The van der Waals surface area contributed by atoms with E-state index in [-0.39, 0.29) is 36.2 Å². The molecule has 1 saturated heterocycles. The Morgan fingerprint density at radius 3 is 2.67 bits per heavy atom. The van der Waals surface area contributed by atoms with Gasteiger partial charge in [-0.3, -0.25) is 4.79 Å². The molecule has 0 spiro atoms. The molecule has 9 nitrogen and oxygen atoms in total. The van der Waals surface area contributed by atoms with Crippen molar-refractivity contribution < 1.29 is 37.0 Å². The van der Waals surface area contributed by atoms with Crippen LogP contribution in [0.5, 0.6) is 0 Å². The lowest BCUT2D eigenvalue weighted by atomic mass is 10.2. The number of aromatic nitrogens is 3. The molecule has 2 aromatic heterocycles. The maximum atomic E-state index is 12.7. The van der Waals surface area contributed by atoms with Gasteiger partial charge in [0.15, 0.2) is 5.82 Å². The summed E-state index contributed by atoms with van der Waals surface area (Å²) in [5.41, 5.74) is -0.410. The normalized spacial score (nSPS) is 15.2. The van der Waals surface area contributed by atoms with Crippen LogP contribution in [0.4, 0.5) is 13.2 Å². The van der Waals surface area contributed by atoms with Gasteiger partial charge >= 0.3 is 18.1 Å². The number of halogens is 3. The number of esters is 2. The molecule has 2 aromatic rings. The van der Waals surface area contributed by atoms with Crippen molar-refractivity contribution in [2.75, 3.05) is 26.0 Å². The van der Waals surface area contributed by atoms with Crippen LogP contribution in [0.1, 0.15) is 28.0 Å². The lowest BCUT2D eigenvalue weighted by molar-refractivity contribution is -0.138. The fraction of sp³-hybridized carbons (Fsp3) is 0.350. The summed E-state index contributed by atoms with van der Waals surface area (Å²) < 4.78 is 49.2. The molecule has 0 unspecified atom stereocenters. The maximum Gasteiger partial charge on any atom is 0.417 e. The Kier molecular flexibility index (Phi) is 7.41. The van der Waals surface area contributed by atoms with Gasteiger partial charge in [0, 0.05) is 12.7 Å². The number of carbonyl (C=O) groups is 3. The minimum atomic E-state index is -4.51. The molecule has 1 fully saturated rings. The van der Waals surface area contributed by atoms with E-state index in [2.05, 4.69) is 14.8 Å². The minimum Gasteiger partial charge on any atom is -0.466 e. The number of hydrogen-bond acceptors (Lipinski definition) is 8. The van der Waals surface area contributed by atoms with Crippen molar-refractivity contribution in [2.45, 2.75) is 19.5 Å². The van der Waals surface area contributed by atoms with Gasteiger partial charge in [-0.2, -0.15) is 18.3 Å². The fourth-order valence-electron chi connectivity index (χ4n) is 2.91. The molecule has 13 heteroatoms. The predicted octanol–water partition coefficient (Wildman–Crippen LogP) is 2.73. The number of amides is 1. The zero-order chi connectivity index (χ0) is 24.2. The average Bonchev–Trinajstić information content (AvgIpc) is 3.33.